The van der Waals surface area contributed by atoms with E-state index < -0.39 is 0 Å². The lowest BCUT2D eigenvalue weighted by molar-refractivity contribution is 0.698. The molecule has 0 radical (unpaired) electrons. The molecule has 0 saturated heterocycles. The van der Waals surface area contributed by atoms with Gasteiger partial charge in [-0.3, -0.25) is 0 Å². The van der Waals surface area contributed by atoms with Crippen LogP contribution in [0.2, 0.25) is 0 Å². The van der Waals surface area contributed by atoms with Crippen LogP contribution < -0.4 is 10.6 Å². The molecule has 0 bridgehead atoms. The molecule has 0 heterocycles. The van der Waals surface area contributed by atoms with Crippen LogP contribution in [0.15, 0.2) is 50.6 Å². The van der Waals surface area contributed by atoms with Gasteiger partial charge in [-0.05, 0) is 25.9 Å². The highest BCUT2D eigenvalue weighted by molar-refractivity contribution is 4.75. The molecule has 0 aliphatic heterocycles. The van der Waals surface area contributed by atoms with Gasteiger partial charge in [-0.25, -0.2) is 0 Å². The minimum atomic E-state index is 0.867. The van der Waals surface area contributed by atoms with Crippen LogP contribution >= 0.6 is 0 Å². The van der Waals surface area contributed by atoms with Crippen LogP contribution in [0.4, 0.5) is 0 Å². The van der Waals surface area contributed by atoms with E-state index in [1.807, 2.05) is 24.3 Å². The molecule has 0 aliphatic rings. The predicted octanol–water partition coefficient (Wildman–Crippen LogP) is 2.68. The second kappa shape index (κ2) is 19.5. The quantitative estimate of drug-likeness (QED) is 0.439. The topological polar surface area (TPSA) is 24.1 Å². The molecule has 0 spiro atoms. The summed E-state index contributed by atoms with van der Waals surface area (Å²) >= 11 is 0. The van der Waals surface area contributed by atoms with Crippen LogP contribution in [-0.4, -0.2) is 26.2 Å². The van der Waals surface area contributed by atoms with E-state index in [-0.39, 0.29) is 0 Å². The molecule has 2 N–H and O–H groups in total. The first kappa shape index (κ1) is 17.3. The Balaban J connectivity index is 0. The lowest BCUT2D eigenvalue weighted by Crippen LogP contribution is -2.15. The molecule has 16 heavy (non-hydrogen) atoms. The Bertz CT molecular complexity index is 156. The van der Waals surface area contributed by atoms with Crippen molar-refractivity contribution in [1.82, 2.24) is 10.6 Å². The zero-order valence-corrected chi connectivity index (χ0v) is 10.4. The molecule has 0 saturated carbocycles. The first-order valence-corrected chi connectivity index (χ1v) is 5.68. The van der Waals surface area contributed by atoms with Gasteiger partial charge < -0.3 is 10.6 Å². The number of hydrogen-bond donors (Lipinski definition) is 2. The van der Waals surface area contributed by atoms with Gasteiger partial charge in [0.1, 0.15) is 0 Å². The summed E-state index contributed by atoms with van der Waals surface area (Å²) < 4.78 is 0. The summed E-state index contributed by atoms with van der Waals surface area (Å²) in [6, 6.07) is 0. The van der Waals surface area contributed by atoms with Gasteiger partial charge in [0.2, 0.25) is 0 Å². The summed E-state index contributed by atoms with van der Waals surface area (Å²) in [5.74, 6) is 0. The fraction of sp³-hybridized carbons (Fsp3) is 0.429. The predicted molar refractivity (Wildman–Crippen MR) is 75.8 cm³/mol. The van der Waals surface area contributed by atoms with Crippen molar-refractivity contribution in [2.75, 3.05) is 26.2 Å². The van der Waals surface area contributed by atoms with E-state index in [1.165, 1.54) is 0 Å². The molecule has 2 heteroatoms. The Kier molecular flexibility index (Phi) is 21.0. The van der Waals surface area contributed by atoms with Crippen LogP contribution in [0, 0.1) is 0 Å². The third-order valence-electron chi connectivity index (χ3n) is 1.63. The van der Waals surface area contributed by atoms with Gasteiger partial charge in [0.25, 0.3) is 0 Å². The molecule has 0 unspecified atom stereocenters. The number of nitrogens with one attached hydrogen (secondary N) is 2. The second-order valence-corrected chi connectivity index (χ2v) is 3.14. The fourth-order valence-electron chi connectivity index (χ4n) is 0.821. The lowest BCUT2D eigenvalue weighted by atomic mass is 10.4. The lowest BCUT2D eigenvalue weighted by Gasteiger charge is -1.97. The van der Waals surface area contributed by atoms with E-state index in [1.54, 1.807) is 0 Å². The Hall–Kier alpha value is -1.12. The van der Waals surface area contributed by atoms with Gasteiger partial charge in [-0.2, -0.15) is 0 Å². The smallest absolute Gasteiger partial charge is 0.0135 e. The average Bonchev–Trinajstić information content (AvgIpc) is 2.31. The Morgan fingerprint density at radius 1 is 0.625 bits per heavy atom. The maximum absolute atomic E-state index is 3.62. The van der Waals surface area contributed by atoms with Crippen molar-refractivity contribution >= 4 is 0 Å². The van der Waals surface area contributed by atoms with Crippen molar-refractivity contribution in [3.05, 3.63) is 50.6 Å². The van der Waals surface area contributed by atoms with Crippen LogP contribution in [-0.2, 0) is 0 Å². The van der Waals surface area contributed by atoms with E-state index >= 15 is 0 Å². The monoisotopic (exact) mass is 222 g/mol. The molecule has 2 nitrogen and oxygen atoms in total. The van der Waals surface area contributed by atoms with Gasteiger partial charge in [0, 0.05) is 13.1 Å². The third kappa shape index (κ3) is 23.1. The van der Waals surface area contributed by atoms with Crippen molar-refractivity contribution in [1.29, 1.82) is 0 Å². The summed E-state index contributed by atoms with van der Waals surface area (Å²) in [5.41, 5.74) is 0. The van der Waals surface area contributed by atoms with Gasteiger partial charge in [0.05, 0.1) is 0 Å². The molecule has 0 aromatic heterocycles. The highest BCUT2D eigenvalue weighted by Crippen LogP contribution is 1.77. The van der Waals surface area contributed by atoms with E-state index in [2.05, 4.69) is 36.9 Å². The van der Waals surface area contributed by atoms with E-state index in [4.69, 9.17) is 0 Å². The van der Waals surface area contributed by atoms with Gasteiger partial charge in [-0.15, -0.1) is 26.3 Å². The summed E-state index contributed by atoms with van der Waals surface area (Å²) in [5, 5.41) is 6.29. The summed E-state index contributed by atoms with van der Waals surface area (Å²) in [7, 11) is 0. The van der Waals surface area contributed by atoms with Crippen LogP contribution in [0.1, 0.15) is 12.8 Å². The number of rotatable bonds is 10. The first-order chi connectivity index (χ1) is 7.83. The first-order valence-electron chi connectivity index (χ1n) is 5.68. The van der Waals surface area contributed by atoms with Crippen LogP contribution in [0.5, 0.6) is 0 Å². The maximum atomic E-state index is 3.62. The van der Waals surface area contributed by atoms with Gasteiger partial charge in [-0.1, -0.05) is 24.3 Å². The fourth-order valence-corrected chi connectivity index (χ4v) is 0.821. The minimum absolute atomic E-state index is 0.867. The van der Waals surface area contributed by atoms with E-state index in [0.29, 0.717) is 0 Å². The van der Waals surface area contributed by atoms with E-state index in [9.17, 15) is 0 Å². The SMILES string of the molecule is C=CCCNCCC=C.C=CCNCC=C. The minimum Gasteiger partial charge on any atom is -0.316 e. The van der Waals surface area contributed by atoms with Crippen molar-refractivity contribution in [3.8, 4) is 0 Å². The van der Waals surface area contributed by atoms with Gasteiger partial charge >= 0.3 is 0 Å². The Morgan fingerprint density at radius 2 is 1.06 bits per heavy atom. The van der Waals surface area contributed by atoms with E-state index in [0.717, 1.165) is 39.0 Å². The molecule has 0 amide bonds. The molecule has 0 aromatic carbocycles. The molecule has 0 aromatic rings. The summed E-state index contributed by atoms with van der Waals surface area (Å²) in [6.07, 6.45) is 9.59. The molecule has 0 fully saturated rings. The van der Waals surface area contributed by atoms with Crippen LogP contribution in [0.25, 0.3) is 0 Å². The standard InChI is InChI=1S/C8H15N.C6H11N/c1-3-5-7-9-8-6-4-2;1-3-5-7-6-4-2/h3-4,9H,1-2,5-8H2;3-4,7H,1-2,5-6H2. The third-order valence-corrected chi connectivity index (χ3v) is 1.63. The maximum Gasteiger partial charge on any atom is 0.0135 e. The average molecular weight is 222 g/mol. The van der Waals surface area contributed by atoms with Crippen molar-refractivity contribution in [2.45, 2.75) is 12.8 Å². The number of hydrogen-bond acceptors (Lipinski definition) is 2. The Labute approximate surface area is 101 Å². The summed E-state index contributed by atoms with van der Waals surface area (Å²) in [4.78, 5) is 0. The highest BCUT2D eigenvalue weighted by Gasteiger charge is 1.79. The van der Waals surface area contributed by atoms with Crippen molar-refractivity contribution in [3.63, 3.8) is 0 Å². The largest absolute Gasteiger partial charge is 0.316 e. The zero-order chi connectivity index (χ0) is 12.5. The molecular weight excluding hydrogens is 196 g/mol. The molecule has 92 valence electrons. The second-order valence-electron chi connectivity index (χ2n) is 3.14. The van der Waals surface area contributed by atoms with Gasteiger partial charge in [0.15, 0.2) is 0 Å². The van der Waals surface area contributed by atoms with Crippen LogP contribution in [0.3, 0.4) is 0 Å². The molecular formula is C14H26N2. The highest BCUT2D eigenvalue weighted by atomic mass is 14.8. The van der Waals surface area contributed by atoms with Crippen molar-refractivity contribution < 1.29 is 0 Å². The molecule has 0 rings (SSSR count). The normalized spacial score (nSPS) is 8.50. The Morgan fingerprint density at radius 3 is 1.38 bits per heavy atom. The summed E-state index contributed by atoms with van der Waals surface area (Å²) in [6.45, 7) is 18.1. The molecule has 0 atom stereocenters. The zero-order valence-electron chi connectivity index (χ0n) is 10.4. The van der Waals surface area contributed by atoms with Crippen molar-refractivity contribution in [2.24, 2.45) is 0 Å². The molecule has 0 aliphatic carbocycles.